The van der Waals surface area contributed by atoms with Crippen LogP contribution in [0, 0.1) is 0 Å². The van der Waals surface area contributed by atoms with Crippen LogP contribution < -0.4 is 10.1 Å². The van der Waals surface area contributed by atoms with Gasteiger partial charge in [-0.25, -0.2) is 0 Å². The quantitative estimate of drug-likeness (QED) is 0.349. The summed E-state index contributed by atoms with van der Waals surface area (Å²) in [5.41, 5.74) is 2.35. The minimum absolute atomic E-state index is 0.0992. The lowest BCUT2D eigenvalue weighted by Gasteiger charge is -2.17. The molecule has 1 fully saturated rings. The van der Waals surface area contributed by atoms with E-state index in [4.69, 9.17) is 21.1 Å². The zero-order valence-corrected chi connectivity index (χ0v) is 21.5. The van der Waals surface area contributed by atoms with E-state index in [0.29, 0.717) is 51.4 Å². The maximum atomic E-state index is 12.9. The first-order chi connectivity index (χ1) is 18.0. The molecule has 9 heteroatoms. The molecule has 1 unspecified atom stereocenters. The topological polar surface area (TPSA) is 84.9 Å². The lowest BCUT2D eigenvalue weighted by molar-refractivity contribution is -0.113. The van der Waals surface area contributed by atoms with E-state index >= 15 is 0 Å². The van der Waals surface area contributed by atoms with Crippen molar-refractivity contribution < 1.29 is 23.9 Å². The molecular formula is C28H25ClN2O5S. The number of anilines is 1. The largest absolute Gasteiger partial charge is 0.457 e. The van der Waals surface area contributed by atoms with Crippen molar-refractivity contribution in [3.05, 3.63) is 88.4 Å². The van der Waals surface area contributed by atoms with E-state index in [1.165, 1.54) is 16.7 Å². The summed E-state index contributed by atoms with van der Waals surface area (Å²) >= 11 is 7.65. The highest BCUT2D eigenvalue weighted by Gasteiger charge is 2.37. The van der Waals surface area contributed by atoms with E-state index in [1.54, 1.807) is 42.5 Å². The first kappa shape index (κ1) is 25.3. The normalized spacial score (nSPS) is 16.7. The van der Waals surface area contributed by atoms with Crippen LogP contribution in [-0.2, 0) is 15.3 Å². The Morgan fingerprint density at radius 1 is 1.03 bits per heavy atom. The fraction of sp³-hybridized carbons (Fsp3) is 0.250. The molecule has 190 valence electrons. The lowest BCUT2D eigenvalue weighted by Crippen LogP contribution is -2.36. The van der Waals surface area contributed by atoms with E-state index in [0.717, 1.165) is 18.4 Å². The summed E-state index contributed by atoms with van der Waals surface area (Å²) in [5.74, 6) is 1.21. The number of amides is 3. The van der Waals surface area contributed by atoms with Gasteiger partial charge < -0.3 is 14.8 Å². The number of halogens is 1. The van der Waals surface area contributed by atoms with Crippen LogP contribution >= 0.6 is 23.4 Å². The number of carbonyl (C=O) groups is 3. The number of benzene rings is 3. The average molecular weight is 537 g/mol. The third-order valence-electron chi connectivity index (χ3n) is 6.17. The van der Waals surface area contributed by atoms with Gasteiger partial charge in [0, 0.05) is 23.1 Å². The molecule has 3 amide bonds. The van der Waals surface area contributed by atoms with Gasteiger partial charge in [0.1, 0.15) is 11.5 Å². The first-order valence-electron chi connectivity index (χ1n) is 12.0. The van der Waals surface area contributed by atoms with Crippen LogP contribution in [-0.4, -0.2) is 47.6 Å². The highest BCUT2D eigenvalue weighted by atomic mass is 35.5. The van der Waals surface area contributed by atoms with E-state index in [-0.39, 0.29) is 30.4 Å². The summed E-state index contributed by atoms with van der Waals surface area (Å²) in [4.78, 5) is 39.1. The van der Waals surface area contributed by atoms with Gasteiger partial charge in [-0.3, -0.25) is 19.3 Å². The van der Waals surface area contributed by atoms with Crippen molar-refractivity contribution in [2.24, 2.45) is 0 Å². The Labute approximate surface area is 224 Å². The van der Waals surface area contributed by atoms with Crippen molar-refractivity contribution in [2.75, 3.05) is 24.2 Å². The molecule has 1 saturated heterocycles. The van der Waals surface area contributed by atoms with Gasteiger partial charge in [0.25, 0.3) is 11.8 Å². The Bertz CT molecular complexity index is 1320. The van der Waals surface area contributed by atoms with Gasteiger partial charge in [0.15, 0.2) is 0 Å². The van der Waals surface area contributed by atoms with Crippen molar-refractivity contribution in [2.45, 2.75) is 24.7 Å². The number of hydrogen-bond acceptors (Lipinski definition) is 6. The fourth-order valence-electron chi connectivity index (χ4n) is 4.30. The molecule has 3 aromatic rings. The number of imide groups is 1. The molecule has 0 bridgehead atoms. The number of ether oxygens (including phenoxy) is 2. The van der Waals surface area contributed by atoms with Crippen molar-refractivity contribution in [3.63, 3.8) is 0 Å². The maximum Gasteiger partial charge on any atom is 0.261 e. The van der Waals surface area contributed by atoms with E-state index in [2.05, 4.69) is 5.32 Å². The van der Waals surface area contributed by atoms with Crippen LogP contribution in [0.15, 0.2) is 66.7 Å². The van der Waals surface area contributed by atoms with Crippen molar-refractivity contribution >= 4 is 46.8 Å². The summed E-state index contributed by atoms with van der Waals surface area (Å²) < 4.78 is 11.5. The van der Waals surface area contributed by atoms with E-state index in [1.807, 2.05) is 24.3 Å². The summed E-state index contributed by atoms with van der Waals surface area (Å²) in [6.07, 6.45) is 1.69. The van der Waals surface area contributed by atoms with Gasteiger partial charge in [-0.15, -0.1) is 11.8 Å². The van der Waals surface area contributed by atoms with Crippen molar-refractivity contribution in [1.29, 1.82) is 0 Å². The Morgan fingerprint density at radius 2 is 1.78 bits per heavy atom. The molecule has 2 aliphatic heterocycles. The molecule has 7 nitrogen and oxygen atoms in total. The second-order valence-corrected chi connectivity index (χ2v) is 10.2. The number of nitrogens with one attached hydrogen (secondary N) is 1. The molecule has 0 radical (unpaired) electrons. The molecule has 2 aliphatic rings. The number of rotatable bonds is 9. The number of fused-ring (bicyclic) bond motifs is 1. The van der Waals surface area contributed by atoms with Crippen LogP contribution in [0.1, 0.15) is 39.1 Å². The highest BCUT2D eigenvalue weighted by molar-refractivity contribution is 7.99. The molecule has 0 saturated carbocycles. The van der Waals surface area contributed by atoms with Crippen molar-refractivity contribution in [1.82, 2.24) is 4.90 Å². The number of carbonyl (C=O) groups excluding carboxylic acids is 3. The summed E-state index contributed by atoms with van der Waals surface area (Å²) in [7, 11) is 0. The molecule has 1 N–H and O–H groups in total. The van der Waals surface area contributed by atoms with Crippen LogP contribution in [0.3, 0.4) is 0 Å². The van der Waals surface area contributed by atoms with Crippen LogP contribution in [0.2, 0.25) is 5.02 Å². The average Bonchev–Trinajstić information content (AvgIpc) is 3.49. The maximum absolute atomic E-state index is 12.9. The predicted molar refractivity (Wildman–Crippen MR) is 144 cm³/mol. The van der Waals surface area contributed by atoms with Crippen LogP contribution in [0.4, 0.5) is 5.69 Å². The summed E-state index contributed by atoms with van der Waals surface area (Å²) in [6.45, 7) is 0.936. The zero-order valence-electron chi connectivity index (χ0n) is 19.9. The SMILES string of the molecule is O=C(CSCc1ccccc1Cl)Nc1ccc(Oc2ccc3c(c2)C(=O)N(CC2CCCO2)C3=O)cc1. The predicted octanol–water partition coefficient (Wildman–Crippen LogP) is 5.78. The third kappa shape index (κ3) is 5.98. The molecule has 0 aliphatic carbocycles. The molecule has 0 aromatic heterocycles. The monoisotopic (exact) mass is 536 g/mol. The number of nitrogens with zero attached hydrogens (tertiary/aromatic N) is 1. The molecule has 5 rings (SSSR count). The van der Waals surface area contributed by atoms with Gasteiger partial charge in [0.2, 0.25) is 5.91 Å². The first-order valence-corrected chi connectivity index (χ1v) is 13.5. The number of hydrogen-bond donors (Lipinski definition) is 1. The smallest absolute Gasteiger partial charge is 0.261 e. The van der Waals surface area contributed by atoms with Gasteiger partial charge in [-0.2, -0.15) is 0 Å². The van der Waals surface area contributed by atoms with Crippen molar-refractivity contribution in [3.8, 4) is 11.5 Å². The summed E-state index contributed by atoms with van der Waals surface area (Å²) in [5, 5.41) is 3.56. The molecular weight excluding hydrogens is 512 g/mol. The minimum atomic E-state index is -0.327. The molecule has 1 atom stereocenters. The van der Waals surface area contributed by atoms with Gasteiger partial charge in [-0.1, -0.05) is 29.8 Å². The van der Waals surface area contributed by atoms with Crippen LogP contribution in [0.25, 0.3) is 0 Å². The molecule has 3 aromatic carbocycles. The van der Waals surface area contributed by atoms with Gasteiger partial charge in [0.05, 0.1) is 29.5 Å². The zero-order chi connectivity index (χ0) is 25.8. The molecule has 37 heavy (non-hydrogen) atoms. The standard InChI is InChI=1S/C28H25ClN2O5S/c29-25-6-2-1-4-18(25)16-37-17-26(32)30-19-7-9-20(10-8-19)36-21-11-12-23-24(14-21)28(34)31(27(23)33)15-22-5-3-13-35-22/h1-2,4,6-12,14,22H,3,5,13,15-17H2,(H,30,32). The Balaban J connectivity index is 1.14. The van der Waals surface area contributed by atoms with E-state index in [9.17, 15) is 14.4 Å². The van der Waals surface area contributed by atoms with E-state index < -0.39 is 0 Å². The Hall–Kier alpha value is -3.33. The molecule has 2 heterocycles. The Kier molecular flexibility index (Phi) is 7.79. The fourth-order valence-corrected chi connectivity index (χ4v) is 5.41. The second-order valence-electron chi connectivity index (χ2n) is 8.82. The third-order valence-corrected chi connectivity index (χ3v) is 7.52. The minimum Gasteiger partial charge on any atom is -0.457 e. The van der Waals surface area contributed by atoms with Gasteiger partial charge in [-0.05, 0) is 66.9 Å². The van der Waals surface area contributed by atoms with Crippen LogP contribution in [0.5, 0.6) is 11.5 Å². The second kappa shape index (κ2) is 11.4. The Morgan fingerprint density at radius 3 is 2.54 bits per heavy atom. The summed E-state index contributed by atoms with van der Waals surface area (Å²) in [6, 6.07) is 19.4. The number of thioether (sulfide) groups is 1. The lowest BCUT2D eigenvalue weighted by atomic mass is 10.1. The van der Waals surface area contributed by atoms with Gasteiger partial charge >= 0.3 is 0 Å². The molecule has 0 spiro atoms. The highest BCUT2D eigenvalue weighted by Crippen LogP contribution is 2.31.